The zero-order valence-electron chi connectivity index (χ0n) is 18.0. The van der Waals surface area contributed by atoms with Gasteiger partial charge in [-0.2, -0.15) is 8.42 Å². The normalized spacial score (nSPS) is 13.7. The Morgan fingerprint density at radius 2 is 1.91 bits per heavy atom. The fourth-order valence-electron chi connectivity index (χ4n) is 3.23. The highest BCUT2D eigenvalue weighted by atomic mass is 32.2. The number of nitrogens with zero attached hydrogens (tertiary/aromatic N) is 1. The molecule has 0 atom stereocenters. The van der Waals surface area contributed by atoms with Crippen molar-refractivity contribution in [3.05, 3.63) is 42.5 Å². The number of fused-ring (bicyclic) bond motifs is 1. The van der Waals surface area contributed by atoms with Gasteiger partial charge in [-0.05, 0) is 62.2 Å². The monoisotopic (exact) mass is 473 g/mol. The molecule has 4 rings (SSSR count). The Morgan fingerprint density at radius 3 is 2.64 bits per heavy atom. The summed E-state index contributed by atoms with van der Waals surface area (Å²) in [7, 11) is -4.01. The molecule has 3 aromatic rings. The summed E-state index contributed by atoms with van der Waals surface area (Å²) in [6.45, 7) is 2.18. The summed E-state index contributed by atoms with van der Waals surface area (Å²) in [4.78, 5) is 19.2. The van der Waals surface area contributed by atoms with E-state index >= 15 is 0 Å². The van der Waals surface area contributed by atoms with Gasteiger partial charge in [-0.15, -0.1) is 0 Å². The van der Waals surface area contributed by atoms with Crippen LogP contribution in [0.5, 0.6) is 5.75 Å². The first-order chi connectivity index (χ1) is 15.9. The highest BCUT2D eigenvalue weighted by Crippen LogP contribution is 2.30. The molecule has 0 saturated heterocycles. The van der Waals surface area contributed by atoms with Crippen molar-refractivity contribution in [1.82, 2.24) is 15.3 Å². The SMILES string of the molecule is O=C(Nc1nc2ccc(OS(=O)(=O)c3ccc(NCCCNCCO)cc3)cc2[nH]1)C1CC1. The van der Waals surface area contributed by atoms with E-state index in [1.54, 1.807) is 18.2 Å². The second-order valence-electron chi connectivity index (χ2n) is 7.84. The van der Waals surface area contributed by atoms with Gasteiger partial charge >= 0.3 is 10.1 Å². The van der Waals surface area contributed by atoms with E-state index in [0.29, 0.717) is 30.1 Å². The lowest BCUT2D eigenvalue weighted by Crippen LogP contribution is -2.21. The summed E-state index contributed by atoms with van der Waals surface area (Å²) in [6, 6.07) is 11.0. The number of amides is 1. The summed E-state index contributed by atoms with van der Waals surface area (Å²) in [5.74, 6) is 0.458. The Kier molecular flexibility index (Phi) is 7.11. The number of benzene rings is 2. The van der Waals surface area contributed by atoms with Crippen LogP contribution in [0.3, 0.4) is 0 Å². The van der Waals surface area contributed by atoms with Crippen molar-refractivity contribution in [2.24, 2.45) is 5.92 Å². The van der Waals surface area contributed by atoms with E-state index in [4.69, 9.17) is 9.29 Å². The van der Waals surface area contributed by atoms with E-state index in [-0.39, 0.29) is 29.1 Å². The zero-order valence-corrected chi connectivity index (χ0v) is 18.8. The molecule has 11 heteroatoms. The predicted molar refractivity (Wildman–Crippen MR) is 125 cm³/mol. The van der Waals surface area contributed by atoms with Gasteiger partial charge in [0, 0.05) is 30.8 Å². The fourth-order valence-corrected chi connectivity index (χ4v) is 4.15. The number of aliphatic hydroxyl groups is 1. The first-order valence-electron chi connectivity index (χ1n) is 10.9. The quantitative estimate of drug-likeness (QED) is 0.199. The Hall–Kier alpha value is -3.15. The molecular formula is C22H27N5O5S. The Morgan fingerprint density at radius 1 is 1.12 bits per heavy atom. The molecule has 1 aromatic heterocycles. The van der Waals surface area contributed by atoms with Crippen LogP contribution in [0, 0.1) is 5.92 Å². The number of aromatic nitrogens is 2. The summed E-state index contributed by atoms with van der Waals surface area (Å²) < 4.78 is 30.7. The second kappa shape index (κ2) is 10.2. The molecule has 1 fully saturated rings. The first kappa shape index (κ1) is 23.0. The lowest BCUT2D eigenvalue weighted by molar-refractivity contribution is -0.117. The van der Waals surface area contributed by atoms with Crippen LogP contribution in [0.25, 0.3) is 11.0 Å². The number of imidazole rings is 1. The van der Waals surface area contributed by atoms with Gasteiger partial charge in [0.05, 0.1) is 17.6 Å². The maximum Gasteiger partial charge on any atom is 0.339 e. The minimum atomic E-state index is -4.01. The third-order valence-corrected chi connectivity index (χ3v) is 6.40. The number of anilines is 2. The highest BCUT2D eigenvalue weighted by Gasteiger charge is 2.30. The van der Waals surface area contributed by atoms with Gasteiger partial charge in [0.15, 0.2) is 0 Å². The van der Waals surface area contributed by atoms with Gasteiger partial charge in [-0.1, -0.05) is 0 Å². The number of rotatable bonds is 12. The number of aliphatic hydroxyl groups excluding tert-OH is 1. The molecule has 1 heterocycles. The van der Waals surface area contributed by atoms with E-state index in [2.05, 4.69) is 25.9 Å². The van der Waals surface area contributed by atoms with E-state index in [9.17, 15) is 13.2 Å². The van der Waals surface area contributed by atoms with Gasteiger partial charge in [0.2, 0.25) is 11.9 Å². The molecule has 1 saturated carbocycles. The van der Waals surface area contributed by atoms with Gasteiger partial charge < -0.3 is 24.9 Å². The van der Waals surface area contributed by atoms with Crippen molar-refractivity contribution in [1.29, 1.82) is 0 Å². The van der Waals surface area contributed by atoms with Crippen LogP contribution in [0.2, 0.25) is 0 Å². The molecule has 10 nitrogen and oxygen atoms in total. The summed E-state index contributed by atoms with van der Waals surface area (Å²) in [5, 5.41) is 17.8. The molecule has 0 spiro atoms. The van der Waals surface area contributed by atoms with Crippen LogP contribution >= 0.6 is 0 Å². The number of carbonyl (C=O) groups is 1. The number of aromatic amines is 1. The van der Waals surface area contributed by atoms with Crippen molar-refractivity contribution in [3.8, 4) is 5.75 Å². The molecule has 2 aromatic carbocycles. The Bertz CT molecular complexity index is 1210. The van der Waals surface area contributed by atoms with Crippen LogP contribution < -0.4 is 20.1 Å². The summed E-state index contributed by atoms with van der Waals surface area (Å²) >= 11 is 0. The molecule has 1 aliphatic rings. The number of carbonyl (C=O) groups excluding carboxylic acids is 1. The Balaban J connectivity index is 1.35. The van der Waals surface area contributed by atoms with Crippen LogP contribution in [0.1, 0.15) is 19.3 Å². The number of nitrogens with one attached hydrogen (secondary N) is 4. The zero-order chi connectivity index (χ0) is 23.3. The van der Waals surface area contributed by atoms with E-state index in [1.165, 1.54) is 24.3 Å². The average molecular weight is 474 g/mol. The van der Waals surface area contributed by atoms with Gasteiger partial charge in [-0.3, -0.25) is 10.1 Å². The number of H-pyrrole nitrogens is 1. The van der Waals surface area contributed by atoms with E-state index in [1.807, 2.05) is 0 Å². The molecule has 33 heavy (non-hydrogen) atoms. The lowest BCUT2D eigenvalue weighted by atomic mass is 10.3. The molecule has 0 radical (unpaired) electrons. The number of hydrogen-bond acceptors (Lipinski definition) is 8. The molecular weight excluding hydrogens is 446 g/mol. The van der Waals surface area contributed by atoms with Crippen molar-refractivity contribution in [2.45, 2.75) is 24.2 Å². The fraction of sp³-hybridized carbons (Fsp3) is 0.364. The van der Waals surface area contributed by atoms with Gasteiger partial charge in [0.25, 0.3) is 0 Å². The van der Waals surface area contributed by atoms with Crippen molar-refractivity contribution >= 4 is 38.7 Å². The highest BCUT2D eigenvalue weighted by molar-refractivity contribution is 7.87. The lowest BCUT2D eigenvalue weighted by Gasteiger charge is -2.09. The molecule has 5 N–H and O–H groups in total. The molecule has 0 unspecified atom stereocenters. The third-order valence-electron chi connectivity index (χ3n) is 5.14. The summed E-state index contributed by atoms with van der Waals surface area (Å²) in [6.07, 6.45) is 2.65. The van der Waals surface area contributed by atoms with E-state index in [0.717, 1.165) is 31.5 Å². The summed E-state index contributed by atoms with van der Waals surface area (Å²) in [5.41, 5.74) is 1.95. The van der Waals surface area contributed by atoms with Gasteiger partial charge in [0.1, 0.15) is 10.6 Å². The van der Waals surface area contributed by atoms with Crippen molar-refractivity contribution in [3.63, 3.8) is 0 Å². The molecule has 1 amide bonds. The largest absolute Gasteiger partial charge is 0.395 e. The molecule has 0 bridgehead atoms. The first-order valence-corrected chi connectivity index (χ1v) is 12.3. The topological polar surface area (TPSA) is 145 Å². The third kappa shape index (κ3) is 6.21. The standard InChI is InChI=1S/C22H27N5O5S/c28-13-12-23-10-1-11-24-16-4-7-18(8-5-16)33(30,31)32-17-6-9-19-20(14-17)26-22(25-19)27-21(29)15-2-3-15/h4-9,14-15,23-24,28H,1-3,10-13H2,(H2,25,26,27,29). The minimum absolute atomic E-state index is 0.0414. The molecule has 1 aliphatic carbocycles. The van der Waals surface area contributed by atoms with Crippen LogP contribution in [0.4, 0.5) is 11.6 Å². The number of hydrogen-bond donors (Lipinski definition) is 5. The van der Waals surface area contributed by atoms with Crippen molar-refractivity contribution in [2.75, 3.05) is 36.9 Å². The van der Waals surface area contributed by atoms with Crippen LogP contribution in [0.15, 0.2) is 47.4 Å². The smallest absolute Gasteiger partial charge is 0.339 e. The predicted octanol–water partition coefficient (Wildman–Crippen LogP) is 2.06. The van der Waals surface area contributed by atoms with Crippen molar-refractivity contribution < 1.29 is 22.5 Å². The van der Waals surface area contributed by atoms with E-state index < -0.39 is 10.1 Å². The second-order valence-corrected chi connectivity index (χ2v) is 9.39. The Labute approximate surface area is 191 Å². The van der Waals surface area contributed by atoms with Crippen LogP contribution in [-0.2, 0) is 14.9 Å². The average Bonchev–Trinajstić information content (AvgIpc) is 3.57. The molecule has 0 aliphatic heterocycles. The van der Waals surface area contributed by atoms with Gasteiger partial charge in [-0.25, -0.2) is 4.98 Å². The maximum absolute atomic E-state index is 12.7. The molecule has 176 valence electrons. The minimum Gasteiger partial charge on any atom is -0.395 e. The van der Waals surface area contributed by atoms with Crippen LogP contribution in [-0.4, -0.2) is 55.6 Å². The maximum atomic E-state index is 12.7.